The number of fused-ring (bicyclic) bond motifs is 1. The molecule has 0 aromatic carbocycles. The maximum atomic E-state index is 14.5. The summed E-state index contributed by atoms with van der Waals surface area (Å²) in [5, 5.41) is 26.3. The van der Waals surface area contributed by atoms with Gasteiger partial charge in [-0.2, -0.15) is 18.3 Å². The molecule has 2 aromatic rings. The predicted octanol–water partition coefficient (Wildman–Crippen LogP) is 4.13. The average Bonchev–Trinajstić information content (AvgIpc) is 3.34. The van der Waals surface area contributed by atoms with E-state index < -0.39 is 78.4 Å². The van der Waals surface area contributed by atoms with Gasteiger partial charge in [-0.3, -0.25) is 4.79 Å². The fourth-order valence-corrected chi connectivity index (χ4v) is 5.19. The third kappa shape index (κ3) is 5.95. The zero-order chi connectivity index (χ0) is 29.7. The van der Waals surface area contributed by atoms with Crippen molar-refractivity contribution in [3.8, 4) is 0 Å². The molecule has 5 rings (SSSR count). The Morgan fingerprint density at radius 2 is 1.93 bits per heavy atom. The van der Waals surface area contributed by atoms with Crippen LogP contribution in [0.3, 0.4) is 0 Å². The predicted molar refractivity (Wildman–Crippen MR) is 131 cm³/mol. The van der Waals surface area contributed by atoms with Gasteiger partial charge in [0.05, 0.1) is 48.2 Å². The van der Waals surface area contributed by atoms with Crippen molar-refractivity contribution in [2.45, 2.75) is 74.9 Å². The highest BCUT2D eigenvalue weighted by Crippen LogP contribution is 2.44. The number of imidazole rings is 1. The summed E-state index contributed by atoms with van der Waals surface area (Å²) in [7, 11) is 0. The number of carbonyl (C=O) groups is 2. The first-order chi connectivity index (χ1) is 19.2. The zero-order valence-corrected chi connectivity index (χ0v) is 21.5. The van der Waals surface area contributed by atoms with E-state index in [2.05, 4.69) is 15.4 Å². The lowest BCUT2D eigenvalue weighted by Crippen LogP contribution is -2.40. The van der Waals surface area contributed by atoms with Gasteiger partial charge in [-0.15, -0.1) is 0 Å². The molecular weight excluding hydrogens is 560 g/mol. The molecule has 1 aliphatic heterocycles. The molecule has 2 atom stereocenters. The quantitative estimate of drug-likeness (QED) is 0.159. The number of hydrogen-bond acceptors (Lipinski definition) is 6. The van der Waals surface area contributed by atoms with E-state index in [-0.39, 0.29) is 43.6 Å². The minimum atomic E-state index is -4.60. The highest BCUT2D eigenvalue weighted by Gasteiger charge is 2.50. The van der Waals surface area contributed by atoms with Crippen molar-refractivity contribution in [2.75, 3.05) is 6.54 Å². The Bertz CT molecular complexity index is 1390. The van der Waals surface area contributed by atoms with E-state index in [1.54, 1.807) is 0 Å². The number of aliphatic hydroxyl groups is 1. The van der Waals surface area contributed by atoms with Crippen LogP contribution in [0, 0.1) is 11.3 Å². The largest absolute Gasteiger partial charge is 0.515 e. The number of aromatic nitrogens is 3. The minimum absolute atomic E-state index is 0.0254. The highest BCUT2D eigenvalue weighted by atomic mass is 19.4. The summed E-state index contributed by atoms with van der Waals surface area (Å²) in [6, 6.07) is -2.35. The minimum Gasteiger partial charge on any atom is -0.515 e. The molecule has 2 aromatic heterocycles. The summed E-state index contributed by atoms with van der Waals surface area (Å²) < 4.78 is 82.6. The fraction of sp³-hybridized carbons (Fsp3) is 0.560. The van der Waals surface area contributed by atoms with Crippen molar-refractivity contribution in [1.29, 1.82) is 5.41 Å². The second-order valence-corrected chi connectivity index (χ2v) is 10.8. The van der Waals surface area contributed by atoms with E-state index in [4.69, 9.17) is 5.41 Å². The van der Waals surface area contributed by atoms with Gasteiger partial charge >= 0.3 is 12.2 Å². The number of nitrogens with zero attached hydrogens (tertiary/aromatic N) is 4. The van der Waals surface area contributed by atoms with Crippen molar-refractivity contribution >= 4 is 23.3 Å². The number of nitrogens with one attached hydrogen (secondary N) is 3. The van der Waals surface area contributed by atoms with Crippen molar-refractivity contribution in [3.05, 3.63) is 41.6 Å². The standard InChI is InChI=1S/C25H27F6N7O3/c26-23(5-6-23)20(32)15(12-39)21(40)36-19(14-1-3-24(27,28)4-2-14)16-10-38-18(34-16)7-13(8-33-38)9-37-11-17(25(29,30)31)35-22(37)41/h7-8,10,12,14,17,19,32,39H,1-6,9,11H2,(H,35,41)(H,36,40)/b15-12+,32-20?/t17-,19-/m0/s1. The molecule has 2 saturated carbocycles. The van der Waals surface area contributed by atoms with Crippen LogP contribution in [0.1, 0.15) is 55.8 Å². The third-order valence-electron chi connectivity index (χ3n) is 7.77. The van der Waals surface area contributed by atoms with Crippen LogP contribution in [0.2, 0.25) is 0 Å². The lowest BCUT2D eigenvalue weighted by Gasteiger charge is -2.33. The molecule has 0 radical (unpaired) electrons. The summed E-state index contributed by atoms with van der Waals surface area (Å²) in [5.41, 5.74) is -2.45. The molecule has 3 fully saturated rings. The maximum Gasteiger partial charge on any atom is 0.410 e. The number of amides is 3. The van der Waals surface area contributed by atoms with Crippen LogP contribution in [-0.2, 0) is 11.3 Å². The second kappa shape index (κ2) is 10.2. The normalized spacial score (nSPS) is 23.4. The van der Waals surface area contributed by atoms with E-state index in [0.717, 1.165) is 4.90 Å². The summed E-state index contributed by atoms with van der Waals surface area (Å²) in [6.45, 7) is -0.761. The van der Waals surface area contributed by atoms with E-state index in [9.17, 15) is 41.0 Å². The first-order valence-corrected chi connectivity index (χ1v) is 13.0. The van der Waals surface area contributed by atoms with Crippen LogP contribution in [-0.4, -0.2) is 72.6 Å². The van der Waals surface area contributed by atoms with Gasteiger partial charge in [-0.05, 0) is 43.2 Å². The number of rotatable bonds is 8. The van der Waals surface area contributed by atoms with Gasteiger partial charge in [-0.1, -0.05) is 0 Å². The monoisotopic (exact) mass is 587 g/mol. The lowest BCUT2D eigenvalue weighted by atomic mass is 9.81. The maximum absolute atomic E-state index is 14.5. The number of urea groups is 1. The molecule has 16 heteroatoms. The lowest BCUT2D eigenvalue weighted by molar-refractivity contribution is -0.149. The van der Waals surface area contributed by atoms with Crippen LogP contribution in [0.5, 0.6) is 0 Å². The van der Waals surface area contributed by atoms with Crippen molar-refractivity contribution in [2.24, 2.45) is 5.92 Å². The van der Waals surface area contributed by atoms with Crippen molar-refractivity contribution in [1.82, 2.24) is 30.1 Å². The Labute approximate surface area is 229 Å². The summed E-state index contributed by atoms with van der Waals surface area (Å²) >= 11 is 0. The highest BCUT2D eigenvalue weighted by molar-refractivity contribution is 6.24. The van der Waals surface area contributed by atoms with Crippen LogP contribution in [0.25, 0.3) is 5.65 Å². The number of halogens is 6. The molecule has 3 amide bonds. The molecule has 10 nitrogen and oxygen atoms in total. The average molecular weight is 588 g/mol. The van der Waals surface area contributed by atoms with E-state index in [1.165, 1.54) is 23.0 Å². The summed E-state index contributed by atoms with van der Waals surface area (Å²) in [6.07, 6.45) is -2.20. The molecule has 0 bridgehead atoms. The topological polar surface area (TPSA) is 136 Å². The smallest absolute Gasteiger partial charge is 0.410 e. The van der Waals surface area contributed by atoms with Crippen LogP contribution in [0.4, 0.5) is 31.1 Å². The second-order valence-electron chi connectivity index (χ2n) is 10.8. The molecule has 0 spiro atoms. The molecule has 41 heavy (non-hydrogen) atoms. The zero-order valence-electron chi connectivity index (χ0n) is 21.5. The first kappa shape index (κ1) is 28.7. The number of carbonyl (C=O) groups excluding carboxylic acids is 2. The number of alkyl halides is 6. The first-order valence-electron chi connectivity index (χ1n) is 13.0. The SMILES string of the molecule is N=C(/C(=C\O)C(=O)N[C@H](c1cn2ncc(CN3C[C@@H](C(F)(F)F)NC3=O)cc2n1)C1CCC(F)(F)CC1)C1(F)CC1. The van der Waals surface area contributed by atoms with Gasteiger partial charge < -0.3 is 26.0 Å². The Kier molecular flexibility index (Phi) is 7.14. The van der Waals surface area contributed by atoms with Gasteiger partial charge in [0.15, 0.2) is 11.3 Å². The Hall–Kier alpha value is -3.85. The van der Waals surface area contributed by atoms with Gasteiger partial charge in [0.25, 0.3) is 5.91 Å². The van der Waals surface area contributed by atoms with Crippen molar-refractivity contribution in [3.63, 3.8) is 0 Å². The Balaban J connectivity index is 1.38. The fourth-order valence-electron chi connectivity index (χ4n) is 5.19. The Morgan fingerprint density at radius 1 is 1.24 bits per heavy atom. The number of aliphatic hydroxyl groups excluding tert-OH is 1. The molecule has 3 heterocycles. The molecular formula is C25H27F6N7O3. The molecule has 1 saturated heterocycles. The molecule has 3 aliphatic rings. The van der Waals surface area contributed by atoms with Gasteiger partial charge in [0, 0.05) is 19.4 Å². The summed E-state index contributed by atoms with van der Waals surface area (Å²) in [5.74, 6) is -4.34. The molecule has 0 unspecified atom stereocenters. The van der Waals surface area contributed by atoms with Gasteiger partial charge in [-0.25, -0.2) is 27.5 Å². The van der Waals surface area contributed by atoms with E-state index in [0.29, 0.717) is 11.8 Å². The Morgan fingerprint density at radius 3 is 2.51 bits per heavy atom. The molecule has 4 N–H and O–H groups in total. The van der Waals surface area contributed by atoms with E-state index >= 15 is 0 Å². The van der Waals surface area contributed by atoms with Gasteiger partial charge in [0.2, 0.25) is 5.92 Å². The molecule has 222 valence electrons. The van der Waals surface area contributed by atoms with Crippen LogP contribution < -0.4 is 10.6 Å². The third-order valence-corrected chi connectivity index (χ3v) is 7.77. The van der Waals surface area contributed by atoms with Crippen LogP contribution in [0.15, 0.2) is 30.3 Å². The number of hydrogen-bond donors (Lipinski definition) is 4. The van der Waals surface area contributed by atoms with Crippen LogP contribution >= 0.6 is 0 Å². The summed E-state index contributed by atoms with van der Waals surface area (Å²) in [4.78, 5) is 30.5. The molecule has 2 aliphatic carbocycles. The van der Waals surface area contributed by atoms with E-state index in [1.807, 2.05) is 5.32 Å². The van der Waals surface area contributed by atoms with Gasteiger partial charge in [0.1, 0.15) is 6.04 Å². The van der Waals surface area contributed by atoms with Crippen molar-refractivity contribution < 1.29 is 41.0 Å².